The van der Waals surface area contributed by atoms with E-state index in [2.05, 4.69) is 16.0 Å². The van der Waals surface area contributed by atoms with E-state index in [0.29, 0.717) is 30.8 Å². The molecular formula is C14H21N3O2. The first-order chi connectivity index (χ1) is 9.15. The second-order valence-corrected chi connectivity index (χ2v) is 4.13. The fourth-order valence-corrected chi connectivity index (χ4v) is 1.53. The molecular weight excluding hydrogens is 242 g/mol. The summed E-state index contributed by atoms with van der Waals surface area (Å²) in [5.74, 6) is -0.0875. The van der Waals surface area contributed by atoms with Crippen LogP contribution in [0.25, 0.3) is 0 Å². The molecule has 0 aliphatic carbocycles. The first kappa shape index (κ1) is 15.2. The van der Waals surface area contributed by atoms with Gasteiger partial charge >= 0.3 is 0 Å². The van der Waals surface area contributed by atoms with Gasteiger partial charge in [-0.2, -0.15) is 0 Å². The molecule has 0 spiro atoms. The maximum Gasteiger partial charge on any atom is 0.225 e. The van der Waals surface area contributed by atoms with E-state index >= 15 is 0 Å². The van der Waals surface area contributed by atoms with Crippen LogP contribution in [0.2, 0.25) is 0 Å². The fourth-order valence-electron chi connectivity index (χ4n) is 1.53. The van der Waals surface area contributed by atoms with Crippen molar-refractivity contribution < 1.29 is 9.59 Å². The quantitative estimate of drug-likeness (QED) is 0.659. The summed E-state index contributed by atoms with van der Waals surface area (Å²) in [6, 6.07) is 7.14. The summed E-state index contributed by atoms with van der Waals surface area (Å²) in [7, 11) is 0. The van der Waals surface area contributed by atoms with Crippen molar-refractivity contribution in [1.82, 2.24) is 5.32 Å². The molecule has 19 heavy (non-hydrogen) atoms. The molecule has 0 unspecified atom stereocenters. The van der Waals surface area contributed by atoms with Gasteiger partial charge in [0.25, 0.3) is 0 Å². The molecule has 0 heterocycles. The average molecular weight is 263 g/mol. The lowest BCUT2D eigenvalue weighted by Gasteiger charge is -2.08. The van der Waals surface area contributed by atoms with Gasteiger partial charge in [0.1, 0.15) is 0 Å². The van der Waals surface area contributed by atoms with Gasteiger partial charge in [-0.05, 0) is 24.7 Å². The van der Waals surface area contributed by atoms with Crippen molar-refractivity contribution in [3.8, 4) is 0 Å². The van der Waals surface area contributed by atoms with Crippen LogP contribution in [0.5, 0.6) is 0 Å². The van der Waals surface area contributed by atoms with Crippen LogP contribution in [0.3, 0.4) is 0 Å². The van der Waals surface area contributed by atoms with Gasteiger partial charge in [-0.3, -0.25) is 9.59 Å². The van der Waals surface area contributed by atoms with Gasteiger partial charge in [-0.15, -0.1) is 0 Å². The van der Waals surface area contributed by atoms with Gasteiger partial charge in [0.05, 0.1) is 0 Å². The Hall–Kier alpha value is -1.88. The van der Waals surface area contributed by atoms with E-state index in [9.17, 15) is 9.59 Å². The van der Waals surface area contributed by atoms with Crippen LogP contribution in [-0.4, -0.2) is 24.9 Å². The lowest BCUT2D eigenvalue weighted by Crippen LogP contribution is -2.21. The molecule has 0 radical (unpaired) electrons. The Kier molecular flexibility index (Phi) is 6.60. The van der Waals surface area contributed by atoms with Crippen LogP contribution in [-0.2, 0) is 9.59 Å². The molecule has 0 saturated heterocycles. The number of amides is 2. The molecule has 1 aromatic rings. The molecule has 1 aromatic carbocycles. The van der Waals surface area contributed by atoms with E-state index in [-0.39, 0.29) is 11.8 Å². The van der Waals surface area contributed by atoms with Crippen molar-refractivity contribution in [2.75, 3.05) is 23.7 Å². The zero-order valence-corrected chi connectivity index (χ0v) is 11.5. The highest BCUT2D eigenvalue weighted by atomic mass is 16.2. The van der Waals surface area contributed by atoms with Gasteiger partial charge in [0, 0.05) is 30.8 Å². The summed E-state index contributed by atoms with van der Waals surface area (Å²) >= 11 is 0. The van der Waals surface area contributed by atoms with Crippen molar-refractivity contribution in [3.63, 3.8) is 0 Å². The van der Waals surface area contributed by atoms with Crippen LogP contribution in [0.1, 0.15) is 26.7 Å². The summed E-state index contributed by atoms with van der Waals surface area (Å²) < 4.78 is 0. The number of nitrogens with one attached hydrogen (secondary N) is 3. The molecule has 0 aliphatic heterocycles. The average Bonchev–Trinajstić information content (AvgIpc) is 2.39. The van der Waals surface area contributed by atoms with E-state index in [4.69, 9.17) is 0 Å². The molecule has 0 fully saturated rings. The first-order valence-corrected chi connectivity index (χ1v) is 6.56. The minimum atomic E-state index is -0.0457. The van der Waals surface area contributed by atoms with Gasteiger partial charge in [0.2, 0.25) is 11.8 Å². The first-order valence-electron chi connectivity index (χ1n) is 6.56. The smallest absolute Gasteiger partial charge is 0.225 e. The van der Waals surface area contributed by atoms with Crippen molar-refractivity contribution in [2.24, 2.45) is 0 Å². The maximum atomic E-state index is 11.6. The molecule has 0 atom stereocenters. The normalized spacial score (nSPS) is 10.0. The zero-order chi connectivity index (χ0) is 14.1. The molecule has 104 valence electrons. The third kappa shape index (κ3) is 6.01. The minimum absolute atomic E-state index is 0.0417. The number of hydrogen-bond acceptors (Lipinski definition) is 3. The SMILES string of the molecule is CCNCCC(=O)Nc1cccc(NC(=O)CC)c1. The number of hydrogen-bond donors (Lipinski definition) is 3. The topological polar surface area (TPSA) is 70.2 Å². The van der Waals surface area contributed by atoms with Crippen LogP contribution in [0.15, 0.2) is 24.3 Å². The van der Waals surface area contributed by atoms with E-state index in [1.54, 1.807) is 31.2 Å². The highest BCUT2D eigenvalue weighted by Crippen LogP contribution is 2.15. The lowest BCUT2D eigenvalue weighted by molar-refractivity contribution is -0.116. The van der Waals surface area contributed by atoms with E-state index < -0.39 is 0 Å². The van der Waals surface area contributed by atoms with Gasteiger partial charge in [0.15, 0.2) is 0 Å². The van der Waals surface area contributed by atoms with Gasteiger partial charge in [-0.25, -0.2) is 0 Å². The number of rotatable bonds is 7. The number of carbonyl (C=O) groups excluding carboxylic acids is 2. The third-order valence-electron chi connectivity index (χ3n) is 2.53. The Morgan fingerprint density at radius 1 is 1.05 bits per heavy atom. The van der Waals surface area contributed by atoms with E-state index in [1.165, 1.54) is 0 Å². The van der Waals surface area contributed by atoms with Crippen molar-refractivity contribution >= 4 is 23.2 Å². The van der Waals surface area contributed by atoms with Crippen LogP contribution in [0.4, 0.5) is 11.4 Å². The molecule has 0 aromatic heterocycles. The summed E-state index contributed by atoms with van der Waals surface area (Å²) in [5, 5.41) is 8.65. The van der Waals surface area contributed by atoms with E-state index in [0.717, 1.165) is 6.54 Å². The monoisotopic (exact) mass is 263 g/mol. The van der Waals surface area contributed by atoms with Crippen molar-refractivity contribution in [3.05, 3.63) is 24.3 Å². The van der Waals surface area contributed by atoms with Gasteiger partial charge < -0.3 is 16.0 Å². The van der Waals surface area contributed by atoms with Crippen LogP contribution < -0.4 is 16.0 Å². The summed E-state index contributed by atoms with van der Waals surface area (Å²) in [6.07, 6.45) is 0.860. The third-order valence-corrected chi connectivity index (χ3v) is 2.53. The van der Waals surface area contributed by atoms with Crippen LogP contribution in [0, 0.1) is 0 Å². The van der Waals surface area contributed by atoms with Crippen molar-refractivity contribution in [2.45, 2.75) is 26.7 Å². The summed E-state index contributed by atoms with van der Waals surface area (Å²) in [4.78, 5) is 22.9. The second kappa shape index (κ2) is 8.26. The molecule has 0 saturated carbocycles. The number of carbonyl (C=O) groups is 2. The van der Waals surface area contributed by atoms with Crippen molar-refractivity contribution in [1.29, 1.82) is 0 Å². The highest BCUT2D eigenvalue weighted by Gasteiger charge is 2.03. The molecule has 0 aliphatic rings. The largest absolute Gasteiger partial charge is 0.326 e. The molecule has 5 heteroatoms. The molecule has 3 N–H and O–H groups in total. The lowest BCUT2D eigenvalue weighted by atomic mass is 10.2. The number of benzene rings is 1. The Bertz CT molecular complexity index is 432. The zero-order valence-electron chi connectivity index (χ0n) is 11.5. The predicted octanol–water partition coefficient (Wildman–Crippen LogP) is 1.97. The molecule has 2 amide bonds. The summed E-state index contributed by atoms with van der Waals surface area (Å²) in [6.45, 7) is 5.31. The second-order valence-electron chi connectivity index (χ2n) is 4.13. The Labute approximate surface area is 113 Å². The predicted molar refractivity (Wildman–Crippen MR) is 77.2 cm³/mol. The number of anilines is 2. The Morgan fingerprint density at radius 2 is 1.68 bits per heavy atom. The minimum Gasteiger partial charge on any atom is -0.326 e. The highest BCUT2D eigenvalue weighted by molar-refractivity contribution is 5.93. The van der Waals surface area contributed by atoms with Gasteiger partial charge in [-0.1, -0.05) is 19.9 Å². The molecule has 1 rings (SSSR count). The van der Waals surface area contributed by atoms with Crippen LogP contribution >= 0.6 is 0 Å². The van der Waals surface area contributed by atoms with E-state index in [1.807, 2.05) is 6.92 Å². The Balaban J connectivity index is 2.52. The standard InChI is InChI=1S/C14H21N3O2/c1-3-13(18)16-11-6-5-7-12(10-11)17-14(19)8-9-15-4-2/h5-7,10,15H,3-4,8-9H2,1-2H3,(H,16,18)(H,17,19). The molecule has 0 bridgehead atoms. The molecule has 5 nitrogen and oxygen atoms in total. The Morgan fingerprint density at radius 3 is 2.26 bits per heavy atom. The fraction of sp³-hybridized carbons (Fsp3) is 0.429. The summed E-state index contributed by atoms with van der Waals surface area (Å²) in [5.41, 5.74) is 1.38. The maximum absolute atomic E-state index is 11.6.